The van der Waals surface area contributed by atoms with Crippen molar-refractivity contribution in [2.45, 2.75) is 20.3 Å². The largest absolute Gasteiger partial charge is 0.398 e. The molecule has 0 aliphatic carbocycles. The number of nitrogens with two attached hydrogens (primary N) is 1. The molecule has 0 aliphatic rings. The van der Waals surface area contributed by atoms with Crippen molar-refractivity contribution in [3.63, 3.8) is 0 Å². The third-order valence-electron chi connectivity index (χ3n) is 3.15. The number of likely N-dealkylation sites (N-methyl/N-ethyl adjacent to an activating group) is 1. The summed E-state index contributed by atoms with van der Waals surface area (Å²) in [5.74, 6) is 0.0323. The van der Waals surface area contributed by atoms with Crippen molar-refractivity contribution in [1.82, 2.24) is 9.80 Å². The van der Waals surface area contributed by atoms with Gasteiger partial charge in [0.2, 0.25) is 0 Å². The van der Waals surface area contributed by atoms with Crippen LogP contribution in [0.3, 0.4) is 0 Å². The molecular weight excluding hydrogens is 238 g/mol. The molecule has 0 atom stereocenters. The van der Waals surface area contributed by atoms with Crippen LogP contribution in [0.15, 0.2) is 18.2 Å². The fraction of sp³-hybridized carbons (Fsp3) is 0.533. The van der Waals surface area contributed by atoms with Gasteiger partial charge < -0.3 is 15.5 Å². The Balaban J connectivity index is 2.89. The van der Waals surface area contributed by atoms with Gasteiger partial charge in [-0.05, 0) is 39.1 Å². The van der Waals surface area contributed by atoms with Crippen LogP contribution in [0.1, 0.15) is 29.3 Å². The molecule has 1 aromatic carbocycles. The van der Waals surface area contributed by atoms with Crippen LogP contribution in [0.25, 0.3) is 0 Å². The summed E-state index contributed by atoms with van der Waals surface area (Å²) in [5.41, 5.74) is 8.18. The monoisotopic (exact) mass is 263 g/mol. The Labute approximate surface area is 116 Å². The summed E-state index contributed by atoms with van der Waals surface area (Å²) in [4.78, 5) is 16.5. The lowest BCUT2D eigenvalue weighted by Crippen LogP contribution is -2.37. The molecule has 2 N–H and O–H groups in total. The van der Waals surface area contributed by atoms with E-state index in [1.54, 1.807) is 0 Å². The average Bonchev–Trinajstić information content (AvgIpc) is 2.37. The van der Waals surface area contributed by atoms with E-state index in [0.29, 0.717) is 11.3 Å². The minimum atomic E-state index is 0.0323. The van der Waals surface area contributed by atoms with Crippen LogP contribution >= 0.6 is 0 Å². The SMILES string of the molecule is CCCN(CCN(C)C)C(=O)c1cccc(C)c1N. The number of para-hydroxylation sites is 1. The zero-order chi connectivity index (χ0) is 14.4. The van der Waals surface area contributed by atoms with E-state index >= 15 is 0 Å². The Hall–Kier alpha value is -1.55. The molecule has 0 spiro atoms. The van der Waals surface area contributed by atoms with E-state index in [9.17, 15) is 4.79 Å². The zero-order valence-electron chi connectivity index (χ0n) is 12.4. The van der Waals surface area contributed by atoms with Gasteiger partial charge in [0.15, 0.2) is 0 Å². The number of aryl methyl sites for hydroxylation is 1. The van der Waals surface area contributed by atoms with Gasteiger partial charge in [0.1, 0.15) is 0 Å². The Kier molecular flexibility index (Phi) is 5.83. The van der Waals surface area contributed by atoms with Crippen LogP contribution in [-0.2, 0) is 0 Å². The number of hydrogen-bond acceptors (Lipinski definition) is 3. The van der Waals surface area contributed by atoms with Crippen molar-refractivity contribution in [2.24, 2.45) is 0 Å². The van der Waals surface area contributed by atoms with Gasteiger partial charge in [0.05, 0.1) is 5.56 Å². The second-order valence-electron chi connectivity index (χ2n) is 5.13. The highest BCUT2D eigenvalue weighted by Crippen LogP contribution is 2.18. The van der Waals surface area contributed by atoms with Crippen molar-refractivity contribution >= 4 is 11.6 Å². The van der Waals surface area contributed by atoms with Gasteiger partial charge in [-0.25, -0.2) is 0 Å². The van der Waals surface area contributed by atoms with E-state index in [-0.39, 0.29) is 5.91 Å². The molecule has 4 nitrogen and oxygen atoms in total. The first-order chi connectivity index (χ1) is 8.97. The lowest BCUT2D eigenvalue weighted by molar-refractivity contribution is 0.0746. The summed E-state index contributed by atoms with van der Waals surface area (Å²) >= 11 is 0. The number of carbonyl (C=O) groups is 1. The number of nitrogen functional groups attached to an aromatic ring is 1. The average molecular weight is 263 g/mol. The Bertz CT molecular complexity index is 429. The maximum Gasteiger partial charge on any atom is 0.255 e. The molecule has 1 aromatic rings. The van der Waals surface area contributed by atoms with Crippen LogP contribution in [0.5, 0.6) is 0 Å². The fourth-order valence-electron chi connectivity index (χ4n) is 1.94. The van der Waals surface area contributed by atoms with E-state index in [0.717, 1.165) is 31.6 Å². The lowest BCUT2D eigenvalue weighted by atomic mass is 10.1. The summed E-state index contributed by atoms with van der Waals surface area (Å²) in [6, 6.07) is 5.62. The molecule has 0 saturated heterocycles. The predicted molar refractivity (Wildman–Crippen MR) is 80.3 cm³/mol. The van der Waals surface area contributed by atoms with Gasteiger partial charge in [-0.3, -0.25) is 4.79 Å². The highest BCUT2D eigenvalue weighted by atomic mass is 16.2. The Morgan fingerprint density at radius 1 is 1.21 bits per heavy atom. The van der Waals surface area contributed by atoms with Gasteiger partial charge in [-0.2, -0.15) is 0 Å². The van der Waals surface area contributed by atoms with Crippen molar-refractivity contribution in [3.05, 3.63) is 29.3 Å². The molecule has 4 heteroatoms. The molecule has 0 fully saturated rings. The van der Waals surface area contributed by atoms with E-state index in [1.807, 2.05) is 44.1 Å². The van der Waals surface area contributed by atoms with Crippen LogP contribution in [-0.4, -0.2) is 49.4 Å². The van der Waals surface area contributed by atoms with Crippen molar-refractivity contribution < 1.29 is 4.79 Å². The first-order valence-electron chi connectivity index (χ1n) is 6.76. The summed E-state index contributed by atoms with van der Waals surface area (Å²) in [6.45, 7) is 6.36. The molecule has 0 saturated carbocycles. The van der Waals surface area contributed by atoms with Crippen molar-refractivity contribution in [2.75, 3.05) is 39.5 Å². The van der Waals surface area contributed by atoms with E-state index in [4.69, 9.17) is 5.73 Å². The van der Waals surface area contributed by atoms with E-state index < -0.39 is 0 Å². The molecule has 0 aromatic heterocycles. The summed E-state index contributed by atoms with van der Waals surface area (Å²) < 4.78 is 0. The van der Waals surface area contributed by atoms with Crippen LogP contribution in [0.4, 0.5) is 5.69 Å². The fourth-order valence-corrected chi connectivity index (χ4v) is 1.94. The standard InChI is InChI=1S/C15H25N3O/c1-5-9-18(11-10-17(3)4)15(19)13-8-6-7-12(2)14(13)16/h6-8H,5,9-11,16H2,1-4H3. The molecular formula is C15H25N3O. The molecule has 19 heavy (non-hydrogen) atoms. The van der Waals surface area contributed by atoms with Crippen molar-refractivity contribution in [3.8, 4) is 0 Å². The first-order valence-corrected chi connectivity index (χ1v) is 6.76. The number of anilines is 1. The molecule has 0 radical (unpaired) electrons. The van der Waals surface area contributed by atoms with Gasteiger partial charge in [-0.15, -0.1) is 0 Å². The molecule has 0 heterocycles. The quantitative estimate of drug-likeness (QED) is 0.799. The van der Waals surface area contributed by atoms with Gasteiger partial charge in [0.25, 0.3) is 5.91 Å². The molecule has 1 rings (SSSR count). The van der Waals surface area contributed by atoms with Gasteiger partial charge in [-0.1, -0.05) is 19.1 Å². The van der Waals surface area contributed by atoms with Crippen LogP contribution in [0, 0.1) is 6.92 Å². The Morgan fingerprint density at radius 3 is 2.47 bits per heavy atom. The molecule has 0 unspecified atom stereocenters. The normalized spacial score (nSPS) is 10.8. The zero-order valence-corrected chi connectivity index (χ0v) is 12.4. The number of hydrogen-bond donors (Lipinski definition) is 1. The van der Waals surface area contributed by atoms with Gasteiger partial charge in [0, 0.05) is 25.3 Å². The molecule has 0 aliphatic heterocycles. The number of benzene rings is 1. The minimum absolute atomic E-state index is 0.0323. The number of rotatable bonds is 6. The molecule has 106 valence electrons. The topological polar surface area (TPSA) is 49.6 Å². The van der Waals surface area contributed by atoms with E-state index in [2.05, 4.69) is 11.8 Å². The maximum atomic E-state index is 12.5. The lowest BCUT2D eigenvalue weighted by Gasteiger charge is -2.24. The maximum absolute atomic E-state index is 12.5. The number of amides is 1. The summed E-state index contributed by atoms with van der Waals surface area (Å²) in [5, 5.41) is 0. The summed E-state index contributed by atoms with van der Waals surface area (Å²) in [6.07, 6.45) is 0.949. The second-order valence-corrected chi connectivity index (χ2v) is 5.13. The van der Waals surface area contributed by atoms with Gasteiger partial charge >= 0.3 is 0 Å². The smallest absolute Gasteiger partial charge is 0.255 e. The third-order valence-corrected chi connectivity index (χ3v) is 3.15. The van der Waals surface area contributed by atoms with Crippen LogP contribution in [0.2, 0.25) is 0 Å². The van der Waals surface area contributed by atoms with Crippen LogP contribution < -0.4 is 5.73 Å². The highest BCUT2D eigenvalue weighted by molar-refractivity contribution is 5.99. The molecule has 0 bridgehead atoms. The number of carbonyl (C=O) groups excluding carboxylic acids is 1. The van der Waals surface area contributed by atoms with E-state index in [1.165, 1.54) is 0 Å². The third kappa shape index (κ3) is 4.24. The second kappa shape index (κ2) is 7.14. The highest BCUT2D eigenvalue weighted by Gasteiger charge is 2.17. The first kappa shape index (κ1) is 15.5. The number of nitrogens with zero attached hydrogens (tertiary/aromatic N) is 2. The summed E-state index contributed by atoms with van der Waals surface area (Å²) in [7, 11) is 4.02. The minimum Gasteiger partial charge on any atom is -0.398 e. The predicted octanol–water partition coefficient (Wildman–Crippen LogP) is 1.99. The van der Waals surface area contributed by atoms with Crippen molar-refractivity contribution in [1.29, 1.82) is 0 Å². The molecule has 1 amide bonds. The Morgan fingerprint density at radius 2 is 1.89 bits per heavy atom.